The van der Waals surface area contributed by atoms with Crippen LogP contribution in [0.4, 0.5) is 9.93 Å². The summed E-state index contributed by atoms with van der Waals surface area (Å²) in [5.74, 6) is 0.781. The molecule has 2 aliphatic rings. The molecule has 4 rings (SSSR count). The second-order valence-corrected chi connectivity index (χ2v) is 6.84. The predicted octanol–water partition coefficient (Wildman–Crippen LogP) is 1.70. The lowest BCUT2D eigenvalue weighted by Gasteiger charge is -2.16. The van der Waals surface area contributed by atoms with Crippen LogP contribution in [0.3, 0.4) is 0 Å². The van der Waals surface area contributed by atoms with Crippen molar-refractivity contribution in [3.8, 4) is 5.75 Å². The Balaban J connectivity index is 1.48. The van der Waals surface area contributed by atoms with Crippen LogP contribution in [0.5, 0.6) is 5.75 Å². The van der Waals surface area contributed by atoms with Crippen molar-refractivity contribution in [3.05, 3.63) is 18.2 Å². The van der Waals surface area contributed by atoms with Gasteiger partial charge in [0.15, 0.2) is 5.13 Å². The van der Waals surface area contributed by atoms with E-state index in [1.54, 1.807) is 7.11 Å². The number of amides is 3. The number of benzene rings is 1. The second kappa shape index (κ2) is 5.09. The average molecular weight is 332 g/mol. The van der Waals surface area contributed by atoms with E-state index in [0.717, 1.165) is 28.8 Å². The highest BCUT2D eigenvalue weighted by Gasteiger charge is 2.59. The SMILES string of the molecule is COc1cccc2nc(NC(=O)NC3CNC(=O)C34CC4)sc12. The molecule has 2 aromatic rings. The Bertz CT molecular complexity index is 799. The molecule has 3 N–H and O–H groups in total. The van der Waals surface area contributed by atoms with E-state index in [-0.39, 0.29) is 23.4 Å². The molecule has 0 radical (unpaired) electrons. The van der Waals surface area contributed by atoms with E-state index >= 15 is 0 Å². The van der Waals surface area contributed by atoms with E-state index in [1.807, 2.05) is 18.2 Å². The lowest BCUT2D eigenvalue weighted by atomic mass is 10.0. The number of aromatic nitrogens is 1. The summed E-state index contributed by atoms with van der Waals surface area (Å²) in [6, 6.07) is 5.10. The number of ether oxygens (including phenoxy) is 1. The number of hydrogen-bond acceptors (Lipinski definition) is 5. The normalized spacial score (nSPS) is 21.3. The summed E-state index contributed by atoms with van der Waals surface area (Å²) in [7, 11) is 1.60. The summed E-state index contributed by atoms with van der Waals surface area (Å²) in [5, 5.41) is 8.96. The summed E-state index contributed by atoms with van der Waals surface area (Å²) in [6.07, 6.45) is 1.67. The van der Waals surface area contributed by atoms with Gasteiger partial charge in [-0.25, -0.2) is 9.78 Å². The highest BCUT2D eigenvalue weighted by molar-refractivity contribution is 7.22. The maximum atomic E-state index is 12.2. The van der Waals surface area contributed by atoms with Crippen molar-refractivity contribution in [1.29, 1.82) is 0 Å². The Labute approximate surface area is 136 Å². The van der Waals surface area contributed by atoms with Gasteiger partial charge in [-0.05, 0) is 25.0 Å². The molecule has 2 heterocycles. The summed E-state index contributed by atoms with van der Waals surface area (Å²) in [5.41, 5.74) is 0.398. The molecule has 1 saturated heterocycles. The fourth-order valence-electron chi connectivity index (χ4n) is 3.05. The largest absolute Gasteiger partial charge is 0.495 e. The van der Waals surface area contributed by atoms with Gasteiger partial charge < -0.3 is 15.4 Å². The van der Waals surface area contributed by atoms with Crippen LogP contribution in [0.25, 0.3) is 10.2 Å². The minimum atomic E-state index is -0.381. The Kier molecular flexibility index (Phi) is 3.15. The van der Waals surface area contributed by atoms with E-state index in [1.165, 1.54) is 11.3 Å². The summed E-state index contributed by atoms with van der Waals surface area (Å²) in [4.78, 5) is 28.4. The molecule has 1 saturated carbocycles. The summed E-state index contributed by atoms with van der Waals surface area (Å²) < 4.78 is 6.19. The van der Waals surface area contributed by atoms with Gasteiger partial charge in [-0.1, -0.05) is 17.4 Å². The molecular formula is C15H16N4O3S. The topological polar surface area (TPSA) is 92.3 Å². The number of carbonyl (C=O) groups excluding carboxylic acids is 2. The third-order valence-electron chi connectivity index (χ3n) is 4.50. The number of nitrogens with zero attached hydrogens (tertiary/aromatic N) is 1. The van der Waals surface area contributed by atoms with Crippen LogP contribution in [0.1, 0.15) is 12.8 Å². The van der Waals surface area contributed by atoms with Gasteiger partial charge in [0.1, 0.15) is 5.75 Å². The molecule has 3 amide bonds. The standard InChI is InChI=1S/C15H16N4O3S/c1-22-9-4-2-3-8-11(9)23-14(17-8)19-13(21)18-10-7-16-12(20)15(10)5-6-15/h2-4,10H,5-7H2,1H3,(H,16,20)(H2,17,18,19,21). The third-order valence-corrected chi connectivity index (χ3v) is 5.50. The maximum Gasteiger partial charge on any atom is 0.321 e. The van der Waals surface area contributed by atoms with E-state index in [9.17, 15) is 9.59 Å². The van der Waals surface area contributed by atoms with Gasteiger partial charge >= 0.3 is 6.03 Å². The number of carbonyl (C=O) groups is 2. The van der Waals surface area contributed by atoms with E-state index in [4.69, 9.17) is 4.74 Å². The van der Waals surface area contributed by atoms with Crippen LogP contribution in [-0.2, 0) is 4.79 Å². The van der Waals surface area contributed by atoms with Gasteiger partial charge in [-0.15, -0.1) is 0 Å². The Morgan fingerprint density at radius 3 is 3.04 bits per heavy atom. The van der Waals surface area contributed by atoms with Crippen molar-refractivity contribution in [3.63, 3.8) is 0 Å². The van der Waals surface area contributed by atoms with Crippen molar-refractivity contribution in [1.82, 2.24) is 15.6 Å². The first-order valence-corrected chi connectivity index (χ1v) is 8.23. The lowest BCUT2D eigenvalue weighted by molar-refractivity contribution is -0.123. The van der Waals surface area contributed by atoms with Crippen LogP contribution in [0.15, 0.2) is 18.2 Å². The number of anilines is 1. The first-order valence-electron chi connectivity index (χ1n) is 7.42. The molecule has 1 aliphatic carbocycles. The van der Waals surface area contributed by atoms with Gasteiger partial charge in [0.2, 0.25) is 5.91 Å². The number of methoxy groups -OCH3 is 1. The molecule has 1 aromatic heterocycles. The van der Waals surface area contributed by atoms with Gasteiger partial charge in [-0.3, -0.25) is 10.1 Å². The molecule has 1 aliphatic heterocycles. The monoisotopic (exact) mass is 332 g/mol. The van der Waals surface area contributed by atoms with Gasteiger partial charge in [0.25, 0.3) is 0 Å². The summed E-state index contributed by atoms with van der Waals surface area (Å²) in [6.45, 7) is 0.486. The Morgan fingerprint density at radius 2 is 2.30 bits per heavy atom. The Hall–Kier alpha value is -2.35. The Morgan fingerprint density at radius 1 is 1.48 bits per heavy atom. The highest BCUT2D eigenvalue weighted by Crippen LogP contribution is 2.51. The van der Waals surface area contributed by atoms with Crippen molar-refractivity contribution in [2.45, 2.75) is 18.9 Å². The van der Waals surface area contributed by atoms with Gasteiger partial charge in [-0.2, -0.15) is 0 Å². The quantitative estimate of drug-likeness (QED) is 0.798. The zero-order valence-electron chi connectivity index (χ0n) is 12.5. The number of nitrogens with one attached hydrogen (secondary N) is 3. The molecule has 120 valence electrons. The number of urea groups is 1. The van der Waals surface area contributed by atoms with Crippen LogP contribution >= 0.6 is 11.3 Å². The fourth-order valence-corrected chi connectivity index (χ4v) is 4.00. The first kappa shape index (κ1) is 14.3. The molecule has 8 heteroatoms. The average Bonchev–Trinajstić information content (AvgIpc) is 3.16. The van der Waals surface area contributed by atoms with Crippen LogP contribution in [0.2, 0.25) is 0 Å². The van der Waals surface area contributed by atoms with Crippen molar-refractivity contribution in [2.75, 3.05) is 19.0 Å². The molecular weight excluding hydrogens is 316 g/mol. The minimum Gasteiger partial charge on any atom is -0.495 e. The molecule has 1 spiro atoms. The molecule has 1 unspecified atom stereocenters. The maximum absolute atomic E-state index is 12.2. The smallest absolute Gasteiger partial charge is 0.321 e. The first-order chi connectivity index (χ1) is 11.1. The van der Waals surface area contributed by atoms with Crippen LogP contribution in [0, 0.1) is 5.41 Å². The zero-order chi connectivity index (χ0) is 16.0. The zero-order valence-corrected chi connectivity index (χ0v) is 13.3. The van der Waals surface area contributed by atoms with E-state index < -0.39 is 0 Å². The van der Waals surface area contributed by atoms with Crippen LogP contribution < -0.4 is 20.7 Å². The van der Waals surface area contributed by atoms with Crippen molar-refractivity contribution >= 4 is 38.6 Å². The number of thiazole rings is 1. The van der Waals surface area contributed by atoms with E-state index in [2.05, 4.69) is 20.9 Å². The minimum absolute atomic E-state index is 0.0486. The van der Waals surface area contributed by atoms with Crippen molar-refractivity contribution < 1.29 is 14.3 Å². The second-order valence-electron chi connectivity index (χ2n) is 5.84. The lowest BCUT2D eigenvalue weighted by Crippen LogP contribution is -2.43. The highest BCUT2D eigenvalue weighted by atomic mass is 32.1. The molecule has 0 bridgehead atoms. The molecule has 7 nitrogen and oxygen atoms in total. The third kappa shape index (κ3) is 2.29. The van der Waals surface area contributed by atoms with Crippen LogP contribution in [-0.4, -0.2) is 36.6 Å². The van der Waals surface area contributed by atoms with Gasteiger partial charge in [0, 0.05) is 6.54 Å². The number of fused-ring (bicyclic) bond motifs is 1. The summed E-state index contributed by atoms with van der Waals surface area (Å²) >= 11 is 1.36. The predicted molar refractivity (Wildman–Crippen MR) is 86.8 cm³/mol. The number of rotatable bonds is 3. The van der Waals surface area contributed by atoms with E-state index in [0.29, 0.717) is 11.7 Å². The van der Waals surface area contributed by atoms with Crippen molar-refractivity contribution in [2.24, 2.45) is 5.41 Å². The van der Waals surface area contributed by atoms with Gasteiger partial charge in [0.05, 0.1) is 28.8 Å². The molecule has 2 fully saturated rings. The molecule has 1 aromatic carbocycles. The molecule has 1 atom stereocenters. The molecule has 23 heavy (non-hydrogen) atoms. The number of hydrogen-bond donors (Lipinski definition) is 3. The fraction of sp³-hybridized carbons (Fsp3) is 0.400.